The summed E-state index contributed by atoms with van der Waals surface area (Å²) in [4.78, 5) is 18.3. The first-order valence-electron chi connectivity index (χ1n) is 7.68. The zero-order valence-corrected chi connectivity index (χ0v) is 16.4. The van der Waals surface area contributed by atoms with E-state index < -0.39 is 0 Å². The molecule has 0 radical (unpaired) electrons. The molecule has 4 nitrogen and oxygen atoms in total. The van der Waals surface area contributed by atoms with Crippen molar-refractivity contribution in [2.45, 2.75) is 6.54 Å². The molecule has 0 saturated carbocycles. The molecule has 1 aromatic carbocycles. The van der Waals surface area contributed by atoms with Crippen molar-refractivity contribution in [3.63, 3.8) is 0 Å². The van der Waals surface area contributed by atoms with Crippen LogP contribution in [0.15, 0.2) is 46.8 Å². The van der Waals surface area contributed by atoms with Crippen molar-refractivity contribution in [2.75, 3.05) is 19.1 Å². The number of hydrogen-bond donors (Lipinski definition) is 0. The van der Waals surface area contributed by atoms with Crippen molar-refractivity contribution in [2.24, 2.45) is 4.99 Å². The lowest BCUT2D eigenvalue weighted by Crippen LogP contribution is -2.17. The molecule has 0 bridgehead atoms. The molecule has 0 saturated heterocycles. The van der Waals surface area contributed by atoms with Gasteiger partial charge in [-0.2, -0.15) is 16.8 Å². The number of ether oxygens (including phenoxy) is 1. The van der Waals surface area contributed by atoms with Crippen LogP contribution in [0, 0.1) is 0 Å². The number of rotatable bonds is 6. The summed E-state index contributed by atoms with van der Waals surface area (Å²) in [5, 5.41) is 1.98. The van der Waals surface area contributed by atoms with Crippen molar-refractivity contribution in [1.29, 1.82) is 0 Å². The number of amides is 1. The quantitative estimate of drug-likeness (QED) is 0.590. The van der Waals surface area contributed by atoms with Gasteiger partial charge in [0, 0.05) is 29.3 Å². The zero-order chi connectivity index (χ0) is 17.6. The molecule has 0 aliphatic carbocycles. The molecule has 1 amide bonds. The average molecular weight is 391 g/mol. The maximum atomic E-state index is 12.2. The monoisotopic (exact) mass is 390 g/mol. The first-order chi connectivity index (χ1) is 12.2. The standard InChI is InChI=1S/C18H18N2O2S3/c1-22-13-5-7-16-15(12-13)20(9-11-23-2)18(25-16)19-17(21)8-6-14-4-3-10-24-14/h3-8,10,12H,9,11H2,1-2H3. The van der Waals surface area contributed by atoms with E-state index in [1.54, 1.807) is 36.3 Å². The number of nitrogens with zero attached hydrogens (tertiary/aromatic N) is 2. The Morgan fingerprint density at radius 1 is 1.40 bits per heavy atom. The Bertz CT molecular complexity index is 953. The van der Waals surface area contributed by atoms with Gasteiger partial charge in [0.25, 0.3) is 5.91 Å². The second kappa shape index (κ2) is 8.51. The SMILES string of the molecule is COc1ccc2sc(=NC(=O)C=Cc3cccs3)n(CCSC)c2c1. The van der Waals surface area contributed by atoms with Crippen LogP contribution in [-0.2, 0) is 11.3 Å². The van der Waals surface area contributed by atoms with Gasteiger partial charge < -0.3 is 9.30 Å². The molecule has 0 atom stereocenters. The van der Waals surface area contributed by atoms with Gasteiger partial charge in [0.15, 0.2) is 4.80 Å². The van der Waals surface area contributed by atoms with Crippen molar-refractivity contribution in [3.8, 4) is 5.75 Å². The highest BCUT2D eigenvalue weighted by molar-refractivity contribution is 7.98. The molecule has 0 N–H and O–H groups in total. The van der Waals surface area contributed by atoms with Gasteiger partial charge in [0.2, 0.25) is 0 Å². The number of aryl methyl sites for hydroxylation is 1. The number of carbonyl (C=O) groups excluding carboxylic acids is 1. The van der Waals surface area contributed by atoms with Gasteiger partial charge in [-0.15, -0.1) is 11.3 Å². The molecule has 7 heteroatoms. The Hall–Kier alpha value is -1.83. The average Bonchev–Trinajstić information content (AvgIpc) is 3.25. The minimum absolute atomic E-state index is 0.246. The summed E-state index contributed by atoms with van der Waals surface area (Å²) in [5.74, 6) is 1.51. The van der Waals surface area contributed by atoms with Gasteiger partial charge in [-0.3, -0.25) is 4.79 Å². The van der Waals surface area contributed by atoms with Gasteiger partial charge in [-0.25, -0.2) is 0 Å². The fraction of sp³-hybridized carbons (Fsp3) is 0.222. The van der Waals surface area contributed by atoms with Crippen molar-refractivity contribution in [3.05, 3.63) is 51.5 Å². The summed E-state index contributed by atoms with van der Waals surface area (Å²) in [6.45, 7) is 0.801. The van der Waals surface area contributed by atoms with Crippen LogP contribution in [0.3, 0.4) is 0 Å². The molecule has 0 spiro atoms. The third-order valence-corrected chi connectivity index (χ3v) is 6.04. The molecule has 3 rings (SSSR count). The molecule has 25 heavy (non-hydrogen) atoms. The van der Waals surface area contributed by atoms with E-state index >= 15 is 0 Å². The molecule has 2 heterocycles. The third kappa shape index (κ3) is 4.42. The van der Waals surface area contributed by atoms with Crippen LogP contribution in [0.2, 0.25) is 0 Å². The minimum atomic E-state index is -0.246. The van der Waals surface area contributed by atoms with Gasteiger partial charge in [-0.05, 0) is 35.9 Å². The Balaban J connectivity index is 1.99. The summed E-state index contributed by atoms with van der Waals surface area (Å²) >= 11 is 4.89. The summed E-state index contributed by atoms with van der Waals surface area (Å²) in [7, 11) is 1.66. The van der Waals surface area contributed by atoms with E-state index in [1.165, 1.54) is 17.4 Å². The van der Waals surface area contributed by atoms with Crippen LogP contribution in [-0.4, -0.2) is 29.6 Å². The summed E-state index contributed by atoms with van der Waals surface area (Å²) in [5.41, 5.74) is 1.05. The number of thiophene rings is 1. The van der Waals surface area contributed by atoms with E-state index in [0.717, 1.165) is 37.9 Å². The predicted molar refractivity (Wildman–Crippen MR) is 109 cm³/mol. The molecule has 0 unspecified atom stereocenters. The number of hydrogen-bond acceptors (Lipinski definition) is 5. The molecular weight excluding hydrogens is 372 g/mol. The van der Waals surface area contributed by atoms with E-state index in [0.29, 0.717) is 0 Å². The molecule has 2 aromatic heterocycles. The van der Waals surface area contributed by atoms with Gasteiger partial charge in [-0.1, -0.05) is 17.4 Å². The second-order valence-corrected chi connectivity index (χ2v) is 8.14. The number of thiazole rings is 1. The fourth-order valence-corrected chi connectivity index (χ4v) is 4.36. The van der Waals surface area contributed by atoms with Gasteiger partial charge in [0.05, 0.1) is 17.3 Å². The van der Waals surface area contributed by atoms with Crippen LogP contribution in [0.5, 0.6) is 5.75 Å². The summed E-state index contributed by atoms with van der Waals surface area (Å²) < 4.78 is 8.52. The van der Waals surface area contributed by atoms with Crippen LogP contribution in [0.25, 0.3) is 16.3 Å². The Morgan fingerprint density at radius 3 is 3.00 bits per heavy atom. The van der Waals surface area contributed by atoms with Crippen LogP contribution >= 0.6 is 34.4 Å². The number of benzene rings is 1. The highest BCUT2D eigenvalue weighted by Gasteiger charge is 2.08. The Kier molecular flexibility index (Phi) is 6.12. The second-order valence-electron chi connectivity index (χ2n) is 5.16. The number of methoxy groups -OCH3 is 1. The normalized spacial score (nSPS) is 12.3. The van der Waals surface area contributed by atoms with Crippen molar-refractivity contribution < 1.29 is 9.53 Å². The highest BCUT2D eigenvalue weighted by Crippen LogP contribution is 2.23. The molecule has 0 fully saturated rings. The largest absolute Gasteiger partial charge is 0.497 e. The van der Waals surface area contributed by atoms with Crippen LogP contribution < -0.4 is 9.54 Å². The van der Waals surface area contributed by atoms with Crippen molar-refractivity contribution in [1.82, 2.24) is 4.57 Å². The first-order valence-corrected chi connectivity index (χ1v) is 10.8. The number of fused-ring (bicyclic) bond motifs is 1. The van der Waals surface area contributed by atoms with Crippen LogP contribution in [0.1, 0.15) is 4.88 Å². The van der Waals surface area contributed by atoms with E-state index in [-0.39, 0.29) is 5.91 Å². The molecule has 0 aliphatic heterocycles. The molecule has 130 valence electrons. The number of thioether (sulfide) groups is 1. The lowest BCUT2D eigenvalue weighted by molar-refractivity contribution is -0.113. The smallest absolute Gasteiger partial charge is 0.272 e. The van der Waals surface area contributed by atoms with E-state index in [4.69, 9.17) is 4.74 Å². The number of aromatic nitrogens is 1. The minimum Gasteiger partial charge on any atom is -0.497 e. The maximum Gasteiger partial charge on any atom is 0.272 e. The highest BCUT2D eigenvalue weighted by atomic mass is 32.2. The third-order valence-electron chi connectivity index (χ3n) is 3.55. The maximum absolute atomic E-state index is 12.2. The first kappa shape index (κ1) is 18.0. The fourth-order valence-electron chi connectivity index (χ4n) is 2.33. The summed E-state index contributed by atoms with van der Waals surface area (Å²) in [6.07, 6.45) is 5.40. The zero-order valence-electron chi connectivity index (χ0n) is 14.0. The Morgan fingerprint density at radius 2 is 2.28 bits per heavy atom. The van der Waals surface area contributed by atoms with Gasteiger partial charge >= 0.3 is 0 Å². The molecule has 3 aromatic rings. The lowest BCUT2D eigenvalue weighted by Gasteiger charge is -2.05. The van der Waals surface area contributed by atoms with E-state index in [1.807, 2.05) is 35.7 Å². The van der Waals surface area contributed by atoms with Gasteiger partial charge in [0.1, 0.15) is 5.75 Å². The lowest BCUT2D eigenvalue weighted by atomic mass is 10.3. The van der Waals surface area contributed by atoms with Crippen LogP contribution in [0.4, 0.5) is 0 Å². The Labute approximate surface area is 158 Å². The van der Waals surface area contributed by atoms with E-state index in [2.05, 4.69) is 15.8 Å². The van der Waals surface area contributed by atoms with E-state index in [9.17, 15) is 4.79 Å². The summed E-state index contributed by atoms with van der Waals surface area (Å²) in [6, 6.07) is 9.87. The molecule has 0 aliphatic rings. The predicted octanol–water partition coefficient (Wildman–Crippen LogP) is 4.28. The van der Waals surface area contributed by atoms with Crippen molar-refractivity contribution >= 4 is 56.6 Å². The number of carbonyl (C=O) groups is 1. The molecular formula is C18H18N2O2S3. The topological polar surface area (TPSA) is 43.6 Å².